The monoisotopic (exact) mass is 247 g/mol. The van der Waals surface area contributed by atoms with Crippen molar-refractivity contribution in [3.8, 4) is 0 Å². The molecule has 0 aliphatic heterocycles. The Morgan fingerprint density at radius 2 is 1.88 bits per heavy atom. The molecule has 0 atom stereocenters. The van der Waals surface area contributed by atoms with Crippen molar-refractivity contribution >= 4 is 0 Å². The number of nitrogens with two attached hydrogens (primary N) is 1. The molecule has 1 aromatic rings. The number of benzene rings is 1. The maximum absolute atomic E-state index is 13.0. The first kappa shape index (κ1) is 12.4. The zero-order chi connectivity index (χ0) is 12.7. The summed E-state index contributed by atoms with van der Waals surface area (Å²) in [7, 11) is 0. The molecule has 2 rings (SSSR count). The van der Waals surface area contributed by atoms with Crippen molar-refractivity contribution in [3.05, 3.63) is 35.1 Å². The molecule has 1 aliphatic rings. The van der Waals surface area contributed by atoms with Crippen molar-refractivity contribution in [1.82, 2.24) is 0 Å². The molecule has 17 heavy (non-hydrogen) atoms. The van der Waals surface area contributed by atoms with Crippen molar-refractivity contribution < 1.29 is 17.6 Å². The van der Waals surface area contributed by atoms with Gasteiger partial charge in [-0.2, -0.15) is 13.2 Å². The molecule has 0 amide bonds. The molecule has 0 bridgehead atoms. The van der Waals surface area contributed by atoms with E-state index in [0.717, 1.165) is 25.0 Å². The second-order valence-electron chi connectivity index (χ2n) is 4.67. The minimum absolute atomic E-state index is 0.202. The van der Waals surface area contributed by atoms with E-state index in [9.17, 15) is 17.6 Å². The molecule has 0 radical (unpaired) electrons. The first-order valence-corrected chi connectivity index (χ1v) is 5.45. The van der Waals surface area contributed by atoms with Gasteiger partial charge in [0.15, 0.2) is 0 Å². The average molecular weight is 247 g/mol. The standard InChI is InChI=1S/C12H13F4N/c13-10-2-1-8(3-4-11(17)5-6-11)7-9(10)12(14,15)16/h1-2,7H,3-6,17H2. The van der Waals surface area contributed by atoms with Gasteiger partial charge < -0.3 is 5.73 Å². The van der Waals surface area contributed by atoms with Crippen LogP contribution in [0.5, 0.6) is 0 Å². The fourth-order valence-electron chi connectivity index (χ4n) is 1.75. The minimum Gasteiger partial charge on any atom is -0.325 e. The van der Waals surface area contributed by atoms with Crippen LogP contribution in [0.1, 0.15) is 30.4 Å². The van der Waals surface area contributed by atoms with E-state index >= 15 is 0 Å². The minimum atomic E-state index is -4.64. The predicted molar refractivity (Wildman–Crippen MR) is 55.9 cm³/mol. The van der Waals surface area contributed by atoms with Crippen LogP contribution in [0.15, 0.2) is 18.2 Å². The number of rotatable bonds is 3. The molecule has 0 unspecified atom stereocenters. The molecule has 0 aromatic heterocycles. The number of alkyl halides is 3. The normalized spacial score (nSPS) is 18.2. The Bertz CT molecular complexity index is 421. The van der Waals surface area contributed by atoms with Gasteiger partial charge in [-0.1, -0.05) is 6.07 Å². The van der Waals surface area contributed by atoms with Crippen molar-refractivity contribution in [3.63, 3.8) is 0 Å². The summed E-state index contributed by atoms with van der Waals surface area (Å²) in [4.78, 5) is 0. The summed E-state index contributed by atoms with van der Waals surface area (Å²) in [5, 5.41) is 0. The van der Waals surface area contributed by atoms with Gasteiger partial charge in [-0.05, 0) is 43.4 Å². The molecule has 0 saturated heterocycles. The number of hydrogen-bond donors (Lipinski definition) is 1. The number of hydrogen-bond acceptors (Lipinski definition) is 1. The molecular weight excluding hydrogens is 234 g/mol. The Labute approximate surface area is 96.6 Å². The van der Waals surface area contributed by atoms with Crippen molar-refractivity contribution in [2.75, 3.05) is 0 Å². The molecule has 94 valence electrons. The third kappa shape index (κ3) is 2.97. The molecule has 0 spiro atoms. The highest BCUT2D eigenvalue weighted by Gasteiger charge is 2.38. The van der Waals surface area contributed by atoms with E-state index in [1.807, 2.05) is 0 Å². The molecule has 1 fully saturated rings. The first-order chi connectivity index (χ1) is 7.80. The van der Waals surface area contributed by atoms with Crippen LogP contribution >= 0.6 is 0 Å². The summed E-state index contributed by atoms with van der Waals surface area (Å²) >= 11 is 0. The fraction of sp³-hybridized carbons (Fsp3) is 0.500. The lowest BCUT2D eigenvalue weighted by Crippen LogP contribution is -2.22. The van der Waals surface area contributed by atoms with Crippen LogP contribution in [0.4, 0.5) is 17.6 Å². The van der Waals surface area contributed by atoms with E-state index in [0.29, 0.717) is 18.4 Å². The molecule has 1 saturated carbocycles. The third-order valence-electron chi connectivity index (χ3n) is 3.14. The van der Waals surface area contributed by atoms with Crippen molar-refractivity contribution in [1.29, 1.82) is 0 Å². The van der Waals surface area contributed by atoms with Gasteiger partial charge in [0.25, 0.3) is 0 Å². The predicted octanol–water partition coefficient (Wildman–Crippen LogP) is 3.27. The number of halogens is 4. The zero-order valence-corrected chi connectivity index (χ0v) is 9.15. The Kier molecular flexibility index (Phi) is 2.89. The fourth-order valence-corrected chi connectivity index (χ4v) is 1.75. The van der Waals surface area contributed by atoms with Gasteiger partial charge in [-0.15, -0.1) is 0 Å². The van der Waals surface area contributed by atoms with E-state index in [-0.39, 0.29) is 5.54 Å². The Hall–Kier alpha value is -1.10. The van der Waals surface area contributed by atoms with Crippen molar-refractivity contribution in [2.24, 2.45) is 5.73 Å². The number of aryl methyl sites for hydroxylation is 1. The van der Waals surface area contributed by atoms with Crippen molar-refractivity contribution in [2.45, 2.75) is 37.4 Å². The summed E-state index contributed by atoms with van der Waals surface area (Å²) in [5.41, 5.74) is 4.93. The van der Waals surface area contributed by atoms with Gasteiger partial charge in [-0.3, -0.25) is 0 Å². The second kappa shape index (κ2) is 3.98. The maximum atomic E-state index is 13.0. The molecule has 0 heterocycles. The highest BCUT2D eigenvalue weighted by Crippen LogP contribution is 2.37. The van der Waals surface area contributed by atoms with Gasteiger partial charge >= 0.3 is 6.18 Å². The van der Waals surface area contributed by atoms with Crippen LogP contribution in [0.2, 0.25) is 0 Å². The van der Waals surface area contributed by atoms with Gasteiger partial charge in [0.2, 0.25) is 0 Å². The summed E-state index contributed by atoms with van der Waals surface area (Å²) in [6.07, 6.45) is -1.70. The highest BCUT2D eigenvalue weighted by molar-refractivity contribution is 5.27. The van der Waals surface area contributed by atoms with Crippen LogP contribution in [0.25, 0.3) is 0 Å². The highest BCUT2D eigenvalue weighted by atomic mass is 19.4. The van der Waals surface area contributed by atoms with Crippen LogP contribution in [0.3, 0.4) is 0 Å². The van der Waals surface area contributed by atoms with Gasteiger partial charge in [0.1, 0.15) is 5.82 Å². The Morgan fingerprint density at radius 1 is 1.24 bits per heavy atom. The maximum Gasteiger partial charge on any atom is 0.419 e. The SMILES string of the molecule is NC1(CCc2ccc(F)c(C(F)(F)F)c2)CC1. The van der Waals surface area contributed by atoms with E-state index in [1.54, 1.807) is 0 Å². The summed E-state index contributed by atoms with van der Waals surface area (Å²) in [6.45, 7) is 0. The lowest BCUT2D eigenvalue weighted by Gasteiger charge is -2.11. The molecule has 1 aromatic carbocycles. The van der Waals surface area contributed by atoms with Crippen LogP contribution in [-0.2, 0) is 12.6 Å². The smallest absolute Gasteiger partial charge is 0.325 e. The molecule has 2 N–H and O–H groups in total. The summed E-state index contributed by atoms with van der Waals surface area (Å²) < 4.78 is 50.4. The largest absolute Gasteiger partial charge is 0.419 e. The topological polar surface area (TPSA) is 26.0 Å². The Morgan fingerprint density at radius 3 is 2.41 bits per heavy atom. The van der Waals surface area contributed by atoms with E-state index in [2.05, 4.69) is 0 Å². The first-order valence-electron chi connectivity index (χ1n) is 5.45. The molecular formula is C12H13F4N. The van der Waals surface area contributed by atoms with Gasteiger partial charge in [0, 0.05) is 5.54 Å². The summed E-state index contributed by atoms with van der Waals surface area (Å²) in [5.74, 6) is -1.23. The molecule has 1 nitrogen and oxygen atoms in total. The lowest BCUT2D eigenvalue weighted by atomic mass is 10.0. The van der Waals surface area contributed by atoms with Crippen LogP contribution in [-0.4, -0.2) is 5.54 Å². The van der Waals surface area contributed by atoms with Crippen LogP contribution in [0, 0.1) is 5.82 Å². The average Bonchev–Trinajstić information content (AvgIpc) is 2.94. The quantitative estimate of drug-likeness (QED) is 0.815. The summed E-state index contributed by atoms with van der Waals surface area (Å²) in [6, 6.07) is 3.13. The molecule has 1 aliphatic carbocycles. The second-order valence-corrected chi connectivity index (χ2v) is 4.67. The molecule has 5 heteroatoms. The van der Waals surface area contributed by atoms with E-state index in [1.165, 1.54) is 6.07 Å². The Balaban J connectivity index is 2.13. The lowest BCUT2D eigenvalue weighted by molar-refractivity contribution is -0.140. The zero-order valence-electron chi connectivity index (χ0n) is 9.15. The van der Waals surface area contributed by atoms with Gasteiger partial charge in [-0.25, -0.2) is 4.39 Å². The van der Waals surface area contributed by atoms with E-state index < -0.39 is 17.6 Å². The van der Waals surface area contributed by atoms with Crippen LogP contribution < -0.4 is 5.73 Å². The van der Waals surface area contributed by atoms with Gasteiger partial charge in [0.05, 0.1) is 5.56 Å². The third-order valence-corrected chi connectivity index (χ3v) is 3.14. The van der Waals surface area contributed by atoms with E-state index in [4.69, 9.17) is 5.73 Å².